The lowest BCUT2D eigenvalue weighted by Gasteiger charge is -2.09. The normalized spacial score (nSPS) is 17.1. The standard InChI is InChI=1S/C19H14BrNO5S/c1-21-18(22)17(27-19(21)23)8-11-2-4-14(13(20)6-11)24-9-12-3-5-15-16(7-12)26-10-25-15/h2-8H,9-10H2,1H3/b17-8-. The number of fused-ring (bicyclic) bond motifs is 1. The number of hydrogen-bond acceptors (Lipinski definition) is 6. The Morgan fingerprint density at radius 2 is 2.00 bits per heavy atom. The zero-order chi connectivity index (χ0) is 19.0. The Kier molecular flexibility index (Phi) is 4.84. The van der Waals surface area contributed by atoms with Gasteiger partial charge < -0.3 is 14.2 Å². The van der Waals surface area contributed by atoms with Crippen molar-refractivity contribution in [3.63, 3.8) is 0 Å². The minimum atomic E-state index is -0.288. The lowest BCUT2D eigenvalue weighted by Crippen LogP contribution is -2.22. The van der Waals surface area contributed by atoms with Gasteiger partial charge in [-0.2, -0.15) is 0 Å². The van der Waals surface area contributed by atoms with Gasteiger partial charge in [-0.1, -0.05) is 12.1 Å². The van der Waals surface area contributed by atoms with E-state index in [0.717, 1.165) is 43.8 Å². The summed E-state index contributed by atoms with van der Waals surface area (Å²) in [6.07, 6.45) is 1.70. The molecule has 8 heteroatoms. The summed E-state index contributed by atoms with van der Waals surface area (Å²) in [5.41, 5.74) is 1.77. The van der Waals surface area contributed by atoms with Gasteiger partial charge in [-0.3, -0.25) is 14.5 Å². The fourth-order valence-corrected chi connectivity index (χ4v) is 3.95. The van der Waals surface area contributed by atoms with Gasteiger partial charge in [-0.25, -0.2) is 0 Å². The van der Waals surface area contributed by atoms with Gasteiger partial charge in [0.25, 0.3) is 11.1 Å². The van der Waals surface area contributed by atoms with Gasteiger partial charge in [-0.15, -0.1) is 0 Å². The van der Waals surface area contributed by atoms with Gasteiger partial charge in [0, 0.05) is 7.05 Å². The van der Waals surface area contributed by atoms with E-state index in [0.29, 0.717) is 17.3 Å². The number of amides is 2. The third kappa shape index (κ3) is 3.68. The number of halogens is 1. The Morgan fingerprint density at radius 3 is 2.74 bits per heavy atom. The van der Waals surface area contributed by atoms with Gasteiger partial charge in [0.1, 0.15) is 12.4 Å². The number of likely N-dealkylation sites (N-methyl/N-ethyl adjacent to an activating group) is 1. The van der Waals surface area contributed by atoms with Crippen molar-refractivity contribution in [1.29, 1.82) is 0 Å². The van der Waals surface area contributed by atoms with Crippen LogP contribution in [-0.2, 0) is 11.4 Å². The van der Waals surface area contributed by atoms with E-state index in [-0.39, 0.29) is 17.9 Å². The average Bonchev–Trinajstić information content (AvgIpc) is 3.21. The van der Waals surface area contributed by atoms with Crippen LogP contribution in [0.4, 0.5) is 4.79 Å². The summed E-state index contributed by atoms with van der Waals surface area (Å²) in [5.74, 6) is 1.84. The minimum Gasteiger partial charge on any atom is -0.488 e. The van der Waals surface area contributed by atoms with Crippen molar-refractivity contribution < 1.29 is 23.8 Å². The van der Waals surface area contributed by atoms with Gasteiger partial charge in [0.05, 0.1) is 9.38 Å². The molecule has 2 aromatic carbocycles. The van der Waals surface area contributed by atoms with E-state index in [4.69, 9.17) is 14.2 Å². The van der Waals surface area contributed by atoms with E-state index in [2.05, 4.69) is 15.9 Å². The number of rotatable bonds is 4. The molecule has 0 spiro atoms. The first-order valence-corrected chi connectivity index (χ1v) is 9.64. The molecule has 0 aromatic heterocycles. The molecule has 1 fully saturated rings. The highest BCUT2D eigenvalue weighted by Gasteiger charge is 2.31. The summed E-state index contributed by atoms with van der Waals surface area (Å²) in [6.45, 7) is 0.619. The molecule has 2 aromatic rings. The molecule has 27 heavy (non-hydrogen) atoms. The fourth-order valence-electron chi connectivity index (χ4n) is 2.61. The molecule has 4 rings (SSSR count). The number of benzene rings is 2. The summed E-state index contributed by atoms with van der Waals surface area (Å²) in [4.78, 5) is 25.1. The second-order valence-electron chi connectivity index (χ2n) is 5.91. The first kappa shape index (κ1) is 17.9. The molecule has 6 nitrogen and oxygen atoms in total. The number of hydrogen-bond donors (Lipinski definition) is 0. The first-order valence-electron chi connectivity index (χ1n) is 8.04. The van der Waals surface area contributed by atoms with Crippen LogP contribution in [0.15, 0.2) is 45.8 Å². The van der Waals surface area contributed by atoms with E-state index in [1.165, 1.54) is 7.05 Å². The van der Waals surface area contributed by atoms with Crippen molar-refractivity contribution in [2.24, 2.45) is 0 Å². The highest BCUT2D eigenvalue weighted by molar-refractivity contribution is 9.10. The van der Waals surface area contributed by atoms with Crippen molar-refractivity contribution in [1.82, 2.24) is 4.90 Å². The maximum absolute atomic E-state index is 12.0. The van der Waals surface area contributed by atoms with Gasteiger partial charge in [0.2, 0.25) is 6.79 Å². The smallest absolute Gasteiger partial charge is 0.293 e. The first-order chi connectivity index (χ1) is 13.0. The largest absolute Gasteiger partial charge is 0.488 e. The van der Waals surface area contributed by atoms with Crippen molar-refractivity contribution in [3.05, 3.63) is 56.9 Å². The number of ether oxygens (including phenoxy) is 3. The summed E-state index contributed by atoms with van der Waals surface area (Å²) in [5, 5.41) is -0.269. The SMILES string of the molecule is CN1C(=O)S/C(=C\c2ccc(OCc3ccc4c(c3)OCO4)c(Br)c2)C1=O. The van der Waals surface area contributed by atoms with Crippen LogP contribution in [-0.4, -0.2) is 29.9 Å². The number of imide groups is 1. The third-order valence-electron chi connectivity index (χ3n) is 4.07. The Morgan fingerprint density at radius 1 is 1.19 bits per heavy atom. The summed E-state index contributed by atoms with van der Waals surface area (Å²) >= 11 is 4.42. The molecule has 1 saturated heterocycles. The highest BCUT2D eigenvalue weighted by atomic mass is 79.9. The van der Waals surface area contributed by atoms with Crippen molar-refractivity contribution in [2.75, 3.05) is 13.8 Å². The van der Waals surface area contributed by atoms with Crippen LogP contribution in [0.5, 0.6) is 17.2 Å². The Hall–Kier alpha value is -2.45. The molecule has 0 saturated carbocycles. The van der Waals surface area contributed by atoms with Gasteiger partial charge in [-0.05, 0) is 69.2 Å². The maximum Gasteiger partial charge on any atom is 0.293 e. The predicted octanol–water partition coefficient (Wildman–Crippen LogP) is 4.42. The van der Waals surface area contributed by atoms with Crippen molar-refractivity contribution in [2.45, 2.75) is 6.61 Å². The number of nitrogens with zero attached hydrogens (tertiary/aromatic N) is 1. The van der Waals surface area contributed by atoms with Crippen LogP contribution < -0.4 is 14.2 Å². The molecule has 0 unspecified atom stereocenters. The second kappa shape index (κ2) is 7.28. The van der Waals surface area contributed by atoms with Crippen LogP contribution in [0, 0.1) is 0 Å². The second-order valence-corrected chi connectivity index (χ2v) is 7.75. The zero-order valence-corrected chi connectivity index (χ0v) is 16.6. The van der Waals surface area contributed by atoms with Gasteiger partial charge >= 0.3 is 0 Å². The maximum atomic E-state index is 12.0. The number of thioether (sulfide) groups is 1. The molecule has 0 radical (unpaired) electrons. The lowest BCUT2D eigenvalue weighted by molar-refractivity contribution is -0.121. The Balaban J connectivity index is 1.46. The monoisotopic (exact) mass is 447 g/mol. The van der Waals surface area contributed by atoms with E-state index >= 15 is 0 Å². The van der Waals surface area contributed by atoms with E-state index in [1.54, 1.807) is 6.08 Å². The quantitative estimate of drug-likeness (QED) is 0.646. The Labute approximate surface area is 168 Å². The summed E-state index contributed by atoms with van der Waals surface area (Å²) < 4.78 is 17.3. The zero-order valence-electron chi connectivity index (χ0n) is 14.2. The number of carbonyl (C=O) groups excluding carboxylic acids is 2. The van der Waals surface area contributed by atoms with Crippen LogP contribution >= 0.6 is 27.7 Å². The average molecular weight is 448 g/mol. The van der Waals surface area contributed by atoms with Crippen LogP contribution in [0.2, 0.25) is 0 Å². The molecular formula is C19H14BrNO5S. The Bertz CT molecular complexity index is 975. The van der Waals surface area contributed by atoms with E-state index < -0.39 is 0 Å². The van der Waals surface area contributed by atoms with Crippen LogP contribution in [0.25, 0.3) is 6.08 Å². The molecular weight excluding hydrogens is 434 g/mol. The molecule has 0 bridgehead atoms. The molecule has 2 amide bonds. The fraction of sp³-hybridized carbons (Fsp3) is 0.158. The van der Waals surface area contributed by atoms with Crippen LogP contribution in [0.3, 0.4) is 0 Å². The topological polar surface area (TPSA) is 65.1 Å². The molecule has 0 atom stereocenters. The summed E-state index contributed by atoms with van der Waals surface area (Å²) in [6, 6.07) is 11.2. The minimum absolute atomic E-state index is 0.240. The van der Waals surface area contributed by atoms with Crippen molar-refractivity contribution in [3.8, 4) is 17.2 Å². The highest BCUT2D eigenvalue weighted by Crippen LogP contribution is 2.35. The van der Waals surface area contributed by atoms with E-state index in [1.807, 2.05) is 36.4 Å². The molecule has 2 aliphatic rings. The van der Waals surface area contributed by atoms with Crippen LogP contribution in [0.1, 0.15) is 11.1 Å². The molecule has 0 aliphatic carbocycles. The van der Waals surface area contributed by atoms with Gasteiger partial charge in [0.15, 0.2) is 11.5 Å². The predicted molar refractivity (Wildman–Crippen MR) is 105 cm³/mol. The third-order valence-corrected chi connectivity index (χ3v) is 5.65. The molecule has 2 aliphatic heterocycles. The van der Waals surface area contributed by atoms with E-state index in [9.17, 15) is 9.59 Å². The summed E-state index contributed by atoms with van der Waals surface area (Å²) in [7, 11) is 1.47. The lowest BCUT2D eigenvalue weighted by atomic mass is 10.2. The molecule has 0 N–H and O–H groups in total. The van der Waals surface area contributed by atoms with Crippen molar-refractivity contribution >= 4 is 44.9 Å². The number of carbonyl (C=O) groups is 2. The molecule has 2 heterocycles. The molecule has 138 valence electrons.